The van der Waals surface area contributed by atoms with Gasteiger partial charge in [0, 0.05) is 29.1 Å². The van der Waals surface area contributed by atoms with E-state index >= 15 is 0 Å². The van der Waals surface area contributed by atoms with Crippen LogP contribution in [0.5, 0.6) is 0 Å². The molecule has 1 unspecified atom stereocenters. The van der Waals surface area contributed by atoms with Crippen LogP contribution in [0.25, 0.3) is 0 Å². The van der Waals surface area contributed by atoms with Gasteiger partial charge in [0.1, 0.15) is 5.82 Å². The highest BCUT2D eigenvalue weighted by Gasteiger charge is 2.10. The molecule has 0 aliphatic rings. The van der Waals surface area contributed by atoms with Crippen molar-refractivity contribution in [1.82, 2.24) is 10.3 Å². The number of benzene rings is 1. The van der Waals surface area contributed by atoms with E-state index in [1.165, 1.54) is 6.07 Å². The molecule has 1 atom stereocenters. The fourth-order valence-corrected chi connectivity index (χ4v) is 3.08. The Morgan fingerprint density at radius 3 is 2.95 bits per heavy atom. The highest BCUT2D eigenvalue weighted by atomic mass is 35.5. The average molecular weight is 311 g/mol. The van der Waals surface area contributed by atoms with Crippen LogP contribution in [0, 0.1) is 5.82 Å². The first-order chi connectivity index (χ1) is 9.69. The second-order valence-corrected chi connectivity index (χ2v) is 5.93. The van der Waals surface area contributed by atoms with E-state index in [9.17, 15) is 4.39 Å². The van der Waals surface area contributed by atoms with E-state index in [0.29, 0.717) is 5.02 Å². The van der Waals surface area contributed by atoms with Crippen molar-refractivity contribution in [2.75, 3.05) is 12.8 Å². The molecule has 0 bridgehead atoms. The first-order valence-corrected chi connectivity index (χ1v) is 7.69. The predicted octanol–water partition coefficient (Wildman–Crippen LogP) is 3.80. The molecule has 0 radical (unpaired) electrons. The Morgan fingerprint density at radius 2 is 2.25 bits per heavy atom. The Labute approximate surface area is 127 Å². The van der Waals surface area contributed by atoms with Gasteiger partial charge in [0.25, 0.3) is 0 Å². The quantitative estimate of drug-likeness (QED) is 0.822. The van der Waals surface area contributed by atoms with E-state index in [0.717, 1.165) is 22.6 Å². The number of hydrogen-bond donors (Lipinski definition) is 1. The zero-order chi connectivity index (χ0) is 14.4. The summed E-state index contributed by atoms with van der Waals surface area (Å²) in [4.78, 5) is 4.92. The first kappa shape index (κ1) is 15.3. The van der Waals surface area contributed by atoms with Gasteiger partial charge in [0.15, 0.2) is 0 Å². The lowest BCUT2D eigenvalue weighted by molar-refractivity contribution is 0.615. The summed E-state index contributed by atoms with van der Waals surface area (Å²) in [6.45, 7) is 0. The molecule has 0 amide bonds. The van der Waals surface area contributed by atoms with E-state index in [1.807, 2.05) is 19.2 Å². The number of hydrogen-bond acceptors (Lipinski definition) is 3. The number of aromatic nitrogens is 1. The molecule has 5 heteroatoms. The van der Waals surface area contributed by atoms with Crippen molar-refractivity contribution in [2.45, 2.75) is 17.4 Å². The minimum Gasteiger partial charge on any atom is -0.316 e. The summed E-state index contributed by atoms with van der Waals surface area (Å²) >= 11 is 7.75. The minimum absolute atomic E-state index is 0.201. The third kappa shape index (κ3) is 4.47. The second kappa shape index (κ2) is 7.62. The molecule has 0 fully saturated rings. The SMILES string of the molecule is CNC(CSc1cccc(F)c1)Cc1ccncc1Cl. The lowest BCUT2D eigenvalue weighted by Gasteiger charge is -2.16. The van der Waals surface area contributed by atoms with Gasteiger partial charge >= 0.3 is 0 Å². The number of nitrogens with zero attached hydrogens (tertiary/aromatic N) is 1. The normalized spacial score (nSPS) is 12.3. The molecule has 2 aromatic rings. The average Bonchev–Trinajstić information content (AvgIpc) is 2.45. The number of thioether (sulfide) groups is 1. The standard InChI is InChI=1S/C15H16ClFN2S/c1-18-13(7-11-5-6-19-9-15(11)16)10-20-14-4-2-3-12(17)8-14/h2-6,8-9,13,18H,7,10H2,1H3. The van der Waals surface area contributed by atoms with E-state index < -0.39 is 0 Å². The van der Waals surface area contributed by atoms with Gasteiger partial charge in [-0.1, -0.05) is 17.7 Å². The fourth-order valence-electron chi connectivity index (χ4n) is 1.83. The molecular formula is C15H16ClFN2S. The number of halogens is 2. The topological polar surface area (TPSA) is 24.9 Å². The molecule has 1 N–H and O–H groups in total. The molecule has 2 rings (SSSR count). The van der Waals surface area contributed by atoms with Crippen LogP contribution in [0.3, 0.4) is 0 Å². The summed E-state index contributed by atoms with van der Waals surface area (Å²) in [5.41, 5.74) is 1.07. The lowest BCUT2D eigenvalue weighted by atomic mass is 10.1. The molecule has 0 aliphatic carbocycles. The minimum atomic E-state index is -0.201. The van der Waals surface area contributed by atoms with Gasteiger partial charge in [-0.15, -0.1) is 11.8 Å². The van der Waals surface area contributed by atoms with Crippen molar-refractivity contribution in [2.24, 2.45) is 0 Å². The number of nitrogens with one attached hydrogen (secondary N) is 1. The Kier molecular flexibility index (Phi) is 5.83. The maximum Gasteiger partial charge on any atom is 0.124 e. The van der Waals surface area contributed by atoms with Gasteiger partial charge in [-0.05, 0) is 43.3 Å². The maximum atomic E-state index is 13.1. The molecule has 1 aromatic heterocycles. The van der Waals surface area contributed by atoms with E-state index in [4.69, 9.17) is 11.6 Å². The summed E-state index contributed by atoms with van der Waals surface area (Å²) in [6, 6.07) is 8.85. The molecule has 1 heterocycles. The summed E-state index contributed by atoms with van der Waals surface area (Å²) < 4.78 is 13.1. The number of pyridine rings is 1. The van der Waals surface area contributed by atoms with Gasteiger partial charge in [0.05, 0.1) is 5.02 Å². The molecule has 20 heavy (non-hydrogen) atoms. The Morgan fingerprint density at radius 1 is 1.40 bits per heavy atom. The van der Waals surface area contributed by atoms with Gasteiger partial charge in [-0.2, -0.15) is 0 Å². The van der Waals surface area contributed by atoms with Gasteiger partial charge < -0.3 is 5.32 Å². The van der Waals surface area contributed by atoms with Crippen LogP contribution in [0.1, 0.15) is 5.56 Å². The molecule has 0 saturated carbocycles. The number of rotatable bonds is 6. The molecule has 2 nitrogen and oxygen atoms in total. The van der Waals surface area contributed by atoms with Crippen molar-refractivity contribution in [1.29, 1.82) is 0 Å². The third-order valence-corrected chi connectivity index (χ3v) is 4.47. The highest BCUT2D eigenvalue weighted by molar-refractivity contribution is 7.99. The molecule has 106 valence electrons. The third-order valence-electron chi connectivity index (χ3n) is 2.98. The molecule has 0 spiro atoms. The maximum absolute atomic E-state index is 13.1. The monoisotopic (exact) mass is 310 g/mol. The van der Waals surface area contributed by atoms with Crippen LogP contribution >= 0.6 is 23.4 Å². The summed E-state index contributed by atoms with van der Waals surface area (Å²) in [7, 11) is 1.92. The first-order valence-electron chi connectivity index (χ1n) is 6.33. The van der Waals surface area contributed by atoms with Crippen molar-refractivity contribution >= 4 is 23.4 Å². The van der Waals surface area contributed by atoms with Crippen LogP contribution < -0.4 is 5.32 Å². The zero-order valence-electron chi connectivity index (χ0n) is 11.1. The fraction of sp³-hybridized carbons (Fsp3) is 0.267. The van der Waals surface area contributed by atoms with Crippen molar-refractivity contribution in [3.8, 4) is 0 Å². The van der Waals surface area contributed by atoms with Crippen molar-refractivity contribution in [3.05, 3.63) is 59.1 Å². The Bertz CT molecular complexity index is 565. The van der Waals surface area contributed by atoms with E-state index in [1.54, 1.807) is 36.3 Å². The van der Waals surface area contributed by atoms with E-state index in [2.05, 4.69) is 10.3 Å². The van der Waals surface area contributed by atoms with Crippen LogP contribution in [0.4, 0.5) is 4.39 Å². The Balaban J connectivity index is 1.94. The van der Waals surface area contributed by atoms with Crippen LogP contribution in [0.15, 0.2) is 47.6 Å². The van der Waals surface area contributed by atoms with Crippen molar-refractivity contribution < 1.29 is 4.39 Å². The molecule has 1 aromatic carbocycles. The van der Waals surface area contributed by atoms with Gasteiger partial charge in [-0.25, -0.2) is 4.39 Å². The van der Waals surface area contributed by atoms with Crippen molar-refractivity contribution in [3.63, 3.8) is 0 Å². The molecule has 0 aliphatic heterocycles. The molecular weight excluding hydrogens is 295 g/mol. The second-order valence-electron chi connectivity index (χ2n) is 4.43. The van der Waals surface area contributed by atoms with Crippen LogP contribution in [-0.4, -0.2) is 23.8 Å². The van der Waals surface area contributed by atoms with Crippen LogP contribution in [-0.2, 0) is 6.42 Å². The summed E-state index contributed by atoms with van der Waals surface area (Å²) in [6.07, 6.45) is 4.22. The van der Waals surface area contributed by atoms with Gasteiger partial charge in [-0.3, -0.25) is 4.98 Å². The highest BCUT2D eigenvalue weighted by Crippen LogP contribution is 2.22. The summed E-state index contributed by atoms with van der Waals surface area (Å²) in [5, 5.41) is 3.95. The Hall–Kier alpha value is -1.10. The number of likely N-dealkylation sites (N-methyl/N-ethyl adjacent to an activating group) is 1. The van der Waals surface area contributed by atoms with Gasteiger partial charge in [0.2, 0.25) is 0 Å². The smallest absolute Gasteiger partial charge is 0.124 e. The summed E-state index contributed by atoms with van der Waals surface area (Å²) in [5.74, 6) is 0.645. The molecule has 0 saturated heterocycles. The van der Waals surface area contributed by atoms with Crippen LogP contribution in [0.2, 0.25) is 5.02 Å². The largest absolute Gasteiger partial charge is 0.316 e. The lowest BCUT2D eigenvalue weighted by Crippen LogP contribution is -2.30. The predicted molar refractivity (Wildman–Crippen MR) is 82.9 cm³/mol. The zero-order valence-corrected chi connectivity index (χ0v) is 12.7. The van der Waals surface area contributed by atoms with E-state index in [-0.39, 0.29) is 11.9 Å².